The summed E-state index contributed by atoms with van der Waals surface area (Å²) >= 11 is 0. The van der Waals surface area contributed by atoms with Crippen molar-refractivity contribution >= 4 is 17.9 Å². The molecule has 0 spiro atoms. The zero-order valence-electron chi connectivity index (χ0n) is 42.0. The average molecular weight is 863 g/mol. The molecule has 0 aliphatic carbocycles. The predicted molar refractivity (Wildman–Crippen MR) is 261 cm³/mol. The van der Waals surface area contributed by atoms with Crippen molar-refractivity contribution in [2.45, 2.75) is 304 Å². The van der Waals surface area contributed by atoms with Gasteiger partial charge in [-0.25, -0.2) is 0 Å². The van der Waals surface area contributed by atoms with Crippen LogP contribution in [0.25, 0.3) is 0 Å². The summed E-state index contributed by atoms with van der Waals surface area (Å²) in [4.78, 5) is 38.0. The topological polar surface area (TPSA) is 78.9 Å². The van der Waals surface area contributed by atoms with E-state index in [4.69, 9.17) is 14.2 Å². The first-order valence-corrected chi connectivity index (χ1v) is 27.1. The normalized spacial score (nSPS) is 12.6. The third-order valence-electron chi connectivity index (χ3n) is 12.8. The molecule has 0 saturated carbocycles. The summed E-state index contributed by atoms with van der Waals surface area (Å²) in [5, 5.41) is 0. The molecule has 6 nitrogen and oxygen atoms in total. The second kappa shape index (κ2) is 46.4. The maximum absolute atomic E-state index is 12.8. The molecule has 61 heavy (non-hydrogen) atoms. The van der Waals surface area contributed by atoms with Crippen molar-refractivity contribution in [3.63, 3.8) is 0 Å². The van der Waals surface area contributed by atoms with Crippen LogP contribution >= 0.6 is 0 Å². The van der Waals surface area contributed by atoms with Crippen LogP contribution in [0.1, 0.15) is 298 Å². The molecule has 0 bridgehead atoms. The molecule has 0 aromatic rings. The summed E-state index contributed by atoms with van der Waals surface area (Å²) < 4.78 is 16.8. The number of ether oxygens (including phenoxy) is 3. The molecular weight excluding hydrogens is 757 g/mol. The molecule has 0 aromatic heterocycles. The van der Waals surface area contributed by atoms with Crippen LogP contribution in [-0.2, 0) is 28.6 Å². The van der Waals surface area contributed by atoms with Gasteiger partial charge in [0.15, 0.2) is 6.10 Å². The molecule has 2 atom stereocenters. The number of esters is 3. The van der Waals surface area contributed by atoms with Crippen LogP contribution in [0, 0.1) is 17.8 Å². The Morgan fingerprint density at radius 1 is 0.328 bits per heavy atom. The zero-order valence-corrected chi connectivity index (χ0v) is 42.0. The third kappa shape index (κ3) is 47.7. The van der Waals surface area contributed by atoms with E-state index >= 15 is 0 Å². The molecule has 0 rings (SSSR count). The lowest BCUT2D eigenvalue weighted by atomic mass is 9.99. The number of hydrogen-bond acceptors (Lipinski definition) is 6. The van der Waals surface area contributed by atoms with Crippen LogP contribution in [0.5, 0.6) is 0 Å². The van der Waals surface area contributed by atoms with Gasteiger partial charge < -0.3 is 14.2 Å². The molecule has 0 fully saturated rings. The van der Waals surface area contributed by atoms with Crippen molar-refractivity contribution in [3.8, 4) is 0 Å². The Balaban J connectivity index is 4.32. The van der Waals surface area contributed by atoms with Crippen LogP contribution in [0.4, 0.5) is 0 Å². The van der Waals surface area contributed by atoms with E-state index in [0.29, 0.717) is 19.3 Å². The Morgan fingerprint density at radius 2 is 0.574 bits per heavy atom. The van der Waals surface area contributed by atoms with E-state index in [1.54, 1.807) is 0 Å². The molecule has 0 aromatic carbocycles. The second-order valence-electron chi connectivity index (χ2n) is 20.1. The van der Waals surface area contributed by atoms with Gasteiger partial charge in [0.25, 0.3) is 0 Å². The summed E-state index contributed by atoms with van der Waals surface area (Å²) in [5.41, 5.74) is 0. The average Bonchev–Trinajstić information content (AvgIpc) is 3.23. The van der Waals surface area contributed by atoms with Crippen molar-refractivity contribution in [2.24, 2.45) is 17.8 Å². The minimum Gasteiger partial charge on any atom is -0.462 e. The van der Waals surface area contributed by atoms with Crippen LogP contribution in [0.3, 0.4) is 0 Å². The fourth-order valence-corrected chi connectivity index (χ4v) is 8.26. The molecule has 0 aliphatic rings. The maximum Gasteiger partial charge on any atom is 0.306 e. The molecule has 6 heteroatoms. The summed E-state index contributed by atoms with van der Waals surface area (Å²) in [7, 11) is 0. The molecule has 0 N–H and O–H groups in total. The third-order valence-corrected chi connectivity index (χ3v) is 12.8. The highest BCUT2D eigenvalue weighted by molar-refractivity contribution is 5.71. The summed E-state index contributed by atoms with van der Waals surface area (Å²) in [6.07, 6.45) is 46.6. The molecule has 0 radical (unpaired) electrons. The van der Waals surface area contributed by atoms with E-state index in [9.17, 15) is 14.4 Å². The second-order valence-corrected chi connectivity index (χ2v) is 20.1. The van der Waals surface area contributed by atoms with E-state index < -0.39 is 6.10 Å². The molecule has 362 valence electrons. The number of carbonyl (C=O) groups excluding carboxylic acids is 3. The summed E-state index contributed by atoms with van der Waals surface area (Å²) in [6, 6.07) is 0. The van der Waals surface area contributed by atoms with Gasteiger partial charge in [0, 0.05) is 19.3 Å². The Labute approximate surface area is 380 Å². The maximum atomic E-state index is 12.8. The minimum absolute atomic E-state index is 0.0645. The largest absolute Gasteiger partial charge is 0.462 e. The number of carbonyl (C=O) groups is 3. The molecular formula is C55H106O6. The lowest BCUT2D eigenvalue weighted by Gasteiger charge is -2.18. The van der Waals surface area contributed by atoms with E-state index in [1.807, 2.05) is 0 Å². The van der Waals surface area contributed by atoms with Crippen molar-refractivity contribution < 1.29 is 28.6 Å². The first kappa shape index (κ1) is 59.4. The number of hydrogen-bond donors (Lipinski definition) is 0. The van der Waals surface area contributed by atoms with Crippen molar-refractivity contribution in [1.29, 1.82) is 0 Å². The summed E-state index contributed by atoms with van der Waals surface area (Å²) in [6.45, 7) is 13.7. The van der Waals surface area contributed by atoms with Crippen molar-refractivity contribution in [1.82, 2.24) is 0 Å². The van der Waals surface area contributed by atoms with E-state index in [-0.39, 0.29) is 31.1 Å². The van der Waals surface area contributed by atoms with Gasteiger partial charge in [0.2, 0.25) is 0 Å². The first-order valence-electron chi connectivity index (χ1n) is 27.1. The van der Waals surface area contributed by atoms with Gasteiger partial charge >= 0.3 is 17.9 Å². The van der Waals surface area contributed by atoms with Gasteiger partial charge in [-0.2, -0.15) is 0 Å². The van der Waals surface area contributed by atoms with Crippen molar-refractivity contribution in [2.75, 3.05) is 13.2 Å². The quantitative estimate of drug-likeness (QED) is 0.0344. The molecule has 1 unspecified atom stereocenters. The molecule has 0 saturated heterocycles. The highest BCUT2D eigenvalue weighted by Gasteiger charge is 2.19. The van der Waals surface area contributed by atoms with Gasteiger partial charge in [-0.3, -0.25) is 14.4 Å². The monoisotopic (exact) mass is 863 g/mol. The highest BCUT2D eigenvalue weighted by Crippen LogP contribution is 2.18. The Morgan fingerprint density at radius 3 is 0.852 bits per heavy atom. The van der Waals surface area contributed by atoms with E-state index in [0.717, 1.165) is 75.5 Å². The Kier molecular flexibility index (Phi) is 45.2. The molecule has 0 heterocycles. The van der Waals surface area contributed by atoms with Crippen LogP contribution in [0.2, 0.25) is 0 Å². The van der Waals surface area contributed by atoms with Gasteiger partial charge in [-0.15, -0.1) is 0 Å². The fraction of sp³-hybridized carbons (Fsp3) is 0.945. The van der Waals surface area contributed by atoms with E-state index in [2.05, 4.69) is 41.5 Å². The summed E-state index contributed by atoms with van der Waals surface area (Å²) in [5.74, 6) is 1.67. The standard InChI is InChI=1S/C55H106O6/c1-7-51(6)43-37-31-25-21-22-27-33-39-45-54(57)60-48-52(47-59-53(56)44-38-32-26-19-16-12-14-18-24-30-36-42-50(4)5)61-55(58)46-40-34-28-20-15-11-9-8-10-13-17-23-29-35-41-49(2)3/h49-52H,7-48H2,1-6H3/t51?,52-/m1/s1. The van der Waals surface area contributed by atoms with Crippen LogP contribution < -0.4 is 0 Å². The lowest BCUT2D eigenvalue weighted by Crippen LogP contribution is -2.30. The van der Waals surface area contributed by atoms with Gasteiger partial charge in [0.05, 0.1) is 0 Å². The van der Waals surface area contributed by atoms with Crippen LogP contribution in [-0.4, -0.2) is 37.2 Å². The molecule has 0 aliphatic heterocycles. The van der Waals surface area contributed by atoms with Gasteiger partial charge in [-0.1, -0.05) is 260 Å². The van der Waals surface area contributed by atoms with Gasteiger partial charge in [-0.05, 0) is 37.0 Å². The smallest absolute Gasteiger partial charge is 0.306 e. The SMILES string of the molecule is CCC(C)CCCCCCCCCCC(=O)OC[C@@H](COC(=O)CCCCCCCCCCCCCC(C)C)OC(=O)CCCCCCCCCCCCCCCCC(C)C. The Bertz CT molecular complexity index is 947. The first-order chi connectivity index (χ1) is 29.6. The minimum atomic E-state index is -0.763. The highest BCUT2D eigenvalue weighted by atomic mass is 16.6. The fourth-order valence-electron chi connectivity index (χ4n) is 8.26. The number of unbranched alkanes of at least 4 members (excludes halogenated alkanes) is 30. The molecule has 0 amide bonds. The predicted octanol–water partition coefficient (Wildman–Crippen LogP) is 17.6. The van der Waals surface area contributed by atoms with Crippen LogP contribution in [0.15, 0.2) is 0 Å². The lowest BCUT2D eigenvalue weighted by molar-refractivity contribution is -0.167. The van der Waals surface area contributed by atoms with Crippen molar-refractivity contribution in [3.05, 3.63) is 0 Å². The Hall–Kier alpha value is -1.59. The van der Waals surface area contributed by atoms with E-state index in [1.165, 1.54) is 180 Å². The zero-order chi connectivity index (χ0) is 44.9. The van der Waals surface area contributed by atoms with Gasteiger partial charge in [0.1, 0.15) is 13.2 Å². The number of rotatable bonds is 48.